The van der Waals surface area contributed by atoms with E-state index in [2.05, 4.69) is 26.3 Å². The zero-order valence-electron chi connectivity index (χ0n) is 28.0. The molecular weight excluding hydrogens is 648 g/mol. The van der Waals surface area contributed by atoms with E-state index in [4.69, 9.17) is 28.0 Å². The van der Waals surface area contributed by atoms with Crippen LogP contribution in [0.4, 0.5) is 0 Å². The van der Waals surface area contributed by atoms with E-state index in [1.165, 1.54) is 11.8 Å². The third kappa shape index (κ3) is 14.3. The van der Waals surface area contributed by atoms with Crippen molar-refractivity contribution in [1.29, 1.82) is 0 Å². The van der Waals surface area contributed by atoms with Crippen LogP contribution in [0.2, 0.25) is 0 Å². The van der Waals surface area contributed by atoms with Crippen molar-refractivity contribution in [3.63, 3.8) is 0 Å². The van der Waals surface area contributed by atoms with Crippen LogP contribution in [0.1, 0.15) is 72.1 Å². The lowest BCUT2D eigenvalue weighted by Gasteiger charge is -2.32. The molecule has 7 atom stereocenters. The van der Waals surface area contributed by atoms with Gasteiger partial charge in [-0.05, 0) is 44.9 Å². The molecular formula is C29H50N10O10. The zero-order valence-corrected chi connectivity index (χ0v) is 28.0. The Labute approximate surface area is 283 Å². The summed E-state index contributed by atoms with van der Waals surface area (Å²) in [6.45, 7) is 5.13. The Kier molecular flexibility index (Phi) is 17.5. The third-order valence-corrected chi connectivity index (χ3v) is 7.96. The number of nitrogens with one attached hydrogen (secondary N) is 4. The summed E-state index contributed by atoms with van der Waals surface area (Å²) in [5.41, 5.74) is 21.4. The van der Waals surface area contributed by atoms with Gasteiger partial charge in [0.15, 0.2) is 5.96 Å². The van der Waals surface area contributed by atoms with Crippen LogP contribution in [-0.4, -0.2) is 118 Å². The Bertz CT molecular complexity index is 1260. The lowest BCUT2D eigenvalue weighted by atomic mass is 9.97. The summed E-state index contributed by atoms with van der Waals surface area (Å²) in [6.07, 6.45) is -0.0960. The molecule has 1 rings (SSSR count). The molecule has 20 heteroatoms. The second kappa shape index (κ2) is 20.4. The molecule has 0 radical (unpaired) electrons. The van der Waals surface area contributed by atoms with Gasteiger partial charge in [-0.1, -0.05) is 20.3 Å². The van der Waals surface area contributed by atoms with E-state index in [1.54, 1.807) is 13.8 Å². The fourth-order valence-electron chi connectivity index (χ4n) is 4.98. The van der Waals surface area contributed by atoms with Gasteiger partial charge >= 0.3 is 11.9 Å². The molecule has 0 spiro atoms. The molecule has 49 heavy (non-hydrogen) atoms. The van der Waals surface area contributed by atoms with Crippen LogP contribution in [0, 0.1) is 5.92 Å². The molecule has 0 bridgehead atoms. The number of aliphatic imine (C=N–C) groups is 1. The number of primary amides is 1. The number of rotatable bonds is 21. The molecule has 0 aromatic rings. The van der Waals surface area contributed by atoms with Gasteiger partial charge in [-0.25, -0.2) is 4.79 Å². The topological polar surface area (TPSA) is 345 Å². The van der Waals surface area contributed by atoms with Gasteiger partial charge in [0.1, 0.15) is 30.2 Å². The summed E-state index contributed by atoms with van der Waals surface area (Å²) in [5, 5.41) is 28.3. The molecule has 1 heterocycles. The molecule has 0 unspecified atom stereocenters. The molecule has 1 saturated heterocycles. The van der Waals surface area contributed by atoms with Crippen molar-refractivity contribution in [3.05, 3.63) is 0 Å². The second-order valence-electron chi connectivity index (χ2n) is 11.9. The van der Waals surface area contributed by atoms with E-state index < -0.39 is 109 Å². The largest absolute Gasteiger partial charge is 0.481 e. The summed E-state index contributed by atoms with van der Waals surface area (Å²) >= 11 is 0. The quantitative estimate of drug-likeness (QED) is 0.0313. The molecule has 6 amide bonds. The van der Waals surface area contributed by atoms with Gasteiger partial charge in [0.2, 0.25) is 35.4 Å². The first-order chi connectivity index (χ1) is 22.9. The van der Waals surface area contributed by atoms with E-state index in [0.717, 1.165) is 0 Å². The van der Waals surface area contributed by atoms with Crippen molar-refractivity contribution in [1.82, 2.24) is 26.2 Å². The summed E-state index contributed by atoms with van der Waals surface area (Å²) in [7, 11) is 0. The smallest absolute Gasteiger partial charge is 0.326 e. The first-order valence-electron chi connectivity index (χ1n) is 15.9. The summed E-state index contributed by atoms with van der Waals surface area (Å²) in [6, 6.07) is -7.41. The van der Waals surface area contributed by atoms with Gasteiger partial charge in [0, 0.05) is 19.5 Å². The number of carboxylic acid groups (broad SMARTS) is 2. The molecule has 14 N–H and O–H groups in total. The maximum absolute atomic E-state index is 13.9. The monoisotopic (exact) mass is 698 g/mol. The Hall–Kier alpha value is -5.01. The Morgan fingerprint density at radius 3 is 2.08 bits per heavy atom. The normalized spacial score (nSPS) is 17.6. The van der Waals surface area contributed by atoms with Gasteiger partial charge in [-0.2, -0.15) is 0 Å². The standard InChI is InChI=1S/C29H50N10O10/c1-4-14(2)22(38-23(43)15(3)35-24(44)16(30)13-20(31)40)27(47)39-12-6-8-19(39)26(46)36-17(7-5-11-34-29(32)33)25(45)37-18(28(48)49)9-10-21(41)42/h14-19,22H,4-13,30H2,1-3H3,(H2,31,40)(H,35,44)(H,36,46)(H,37,45)(H,38,43)(H,41,42)(H,48,49)(H4,32,33,34)/t14-,15-,16-,17-,18-,19-,22-/m0/s1. The van der Waals surface area contributed by atoms with Crippen molar-refractivity contribution < 1.29 is 48.6 Å². The lowest BCUT2D eigenvalue weighted by Crippen LogP contribution is -2.60. The lowest BCUT2D eigenvalue weighted by molar-refractivity contribution is -0.144. The number of carbonyl (C=O) groups excluding carboxylic acids is 6. The average molecular weight is 699 g/mol. The van der Waals surface area contributed by atoms with E-state index in [0.29, 0.717) is 12.8 Å². The molecule has 20 nitrogen and oxygen atoms in total. The minimum Gasteiger partial charge on any atom is -0.481 e. The third-order valence-electron chi connectivity index (χ3n) is 7.96. The zero-order chi connectivity index (χ0) is 37.4. The highest BCUT2D eigenvalue weighted by molar-refractivity contribution is 5.97. The van der Waals surface area contributed by atoms with Gasteiger partial charge < -0.3 is 59.3 Å². The molecule has 1 aliphatic heterocycles. The molecule has 0 aliphatic carbocycles. The van der Waals surface area contributed by atoms with Crippen LogP contribution in [0.3, 0.4) is 0 Å². The van der Waals surface area contributed by atoms with E-state index in [-0.39, 0.29) is 38.3 Å². The number of aliphatic carboxylic acids is 2. The van der Waals surface area contributed by atoms with Crippen LogP contribution >= 0.6 is 0 Å². The predicted molar refractivity (Wildman–Crippen MR) is 174 cm³/mol. The maximum Gasteiger partial charge on any atom is 0.326 e. The van der Waals surface area contributed by atoms with Gasteiger partial charge in [-0.15, -0.1) is 0 Å². The van der Waals surface area contributed by atoms with Crippen LogP contribution in [0.25, 0.3) is 0 Å². The van der Waals surface area contributed by atoms with E-state index in [9.17, 15) is 43.5 Å². The highest BCUT2D eigenvalue weighted by Crippen LogP contribution is 2.22. The number of carboxylic acids is 2. The highest BCUT2D eigenvalue weighted by Gasteiger charge is 2.40. The molecule has 1 aliphatic rings. The number of likely N-dealkylation sites (tertiary alicyclic amines) is 1. The predicted octanol–water partition coefficient (Wildman–Crippen LogP) is -3.81. The number of guanidine groups is 1. The first kappa shape index (κ1) is 42.0. The summed E-state index contributed by atoms with van der Waals surface area (Å²) < 4.78 is 0. The second-order valence-corrected chi connectivity index (χ2v) is 11.9. The molecule has 0 aromatic heterocycles. The minimum absolute atomic E-state index is 0.0292. The van der Waals surface area contributed by atoms with Crippen molar-refractivity contribution in [2.75, 3.05) is 13.1 Å². The molecule has 1 fully saturated rings. The summed E-state index contributed by atoms with van der Waals surface area (Å²) in [4.78, 5) is 105. The molecule has 0 saturated carbocycles. The van der Waals surface area contributed by atoms with Crippen molar-refractivity contribution >= 4 is 53.3 Å². The van der Waals surface area contributed by atoms with E-state index in [1.807, 2.05) is 0 Å². The van der Waals surface area contributed by atoms with Crippen molar-refractivity contribution in [2.45, 2.75) is 108 Å². The Morgan fingerprint density at radius 2 is 1.53 bits per heavy atom. The maximum atomic E-state index is 13.9. The average Bonchev–Trinajstić information content (AvgIpc) is 3.51. The van der Waals surface area contributed by atoms with Crippen LogP contribution in [-0.2, 0) is 38.4 Å². The van der Waals surface area contributed by atoms with Crippen LogP contribution in [0.5, 0.6) is 0 Å². The fraction of sp³-hybridized carbons (Fsp3) is 0.690. The number of hydrogen-bond donors (Lipinski definition) is 10. The number of nitrogens with zero attached hydrogens (tertiary/aromatic N) is 2. The highest BCUT2D eigenvalue weighted by atomic mass is 16.4. The molecule has 276 valence electrons. The minimum atomic E-state index is -1.55. The number of amides is 6. The van der Waals surface area contributed by atoms with Crippen molar-refractivity contribution in [2.24, 2.45) is 33.8 Å². The Morgan fingerprint density at radius 1 is 0.878 bits per heavy atom. The number of carbonyl (C=O) groups is 8. The first-order valence-corrected chi connectivity index (χ1v) is 15.9. The molecule has 0 aromatic carbocycles. The van der Waals surface area contributed by atoms with Gasteiger partial charge in [0.05, 0.1) is 12.5 Å². The van der Waals surface area contributed by atoms with Gasteiger partial charge in [-0.3, -0.25) is 38.6 Å². The van der Waals surface area contributed by atoms with Gasteiger partial charge in [0.25, 0.3) is 0 Å². The number of nitrogens with two attached hydrogens (primary N) is 4. The number of hydrogen-bond acceptors (Lipinski definition) is 10. The van der Waals surface area contributed by atoms with Crippen LogP contribution < -0.4 is 44.2 Å². The Balaban J connectivity index is 3.14. The fourth-order valence-corrected chi connectivity index (χ4v) is 4.98. The summed E-state index contributed by atoms with van der Waals surface area (Å²) in [5.74, 6) is -7.81. The van der Waals surface area contributed by atoms with Crippen molar-refractivity contribution in [3.8, 4) is 0 Å². The van der Waals surface area contributed by atoms with E-state index >= 15 is 0 Å². The SMILES string of the molecule is CC[C@H](C)[C@H](NC(=O)[C@H](C)NC(=O)[C@@H](N)CC(N)=O)C(=O)N1CCC[C@H]1C(=O)N[C@@H](CCCN=C(N)N)C(=O)N[C@@H](CCC(=O)O)C(=O)O. The van der Waals surface area contributed by atoms with Crippen LogP contribution in [0.15, 0.2) is 4.99 Å².